The molecule has 1 saturated carbocycles. The quantitative estimate of drug-likeness (QED) is 0.724. The van der Waals surface area contributed by atoms with Crippen LogP contribution in [-0.4, -0.2) is 33.6 Å². The summed E-state index contributed by atoms with van der Waals surface area (Å²) in [5, 5.41) is 0. The molecule has 0 saturated heterocycles. The maximum Gasteiger partial charge on any atom is 0.133 e. The first kappa shape index (κ1) is 13.4. The molecule has 3 heterocycles. The molecule has 5 rings (SSSR count). The smallest absolute Gasteiger partial charge is 0.133 e. The molecule has 4 nitrogen and oxygen atoms in total. The summed E-state index contributed by atoms with van der Waals surface area (Å²) < 4.78 is 7.96. The van der Waals surface area contributed by atoms with Crippen molar-refractivity contribution in [3.63, 3.8) is 0 Å². The molecular weight excluding hydrogens is 286 g/mol. The summed E-state index contributed by atoms with van der Waals surface area (Å²) in [6, 6.07) is 11.2. The fraction of sp³-hybridized carbons (Fsp3) is 0.421. The van der Waals surface area contributed by atoms with Gasteiger partial charge in [0.05, 0.1) is 17.3 Å². The zero-order valence-electron chi connectivity index (χ0n) is 13.2. The number of furan rings is 1. The Morgan fingerprint density at radius 2 is 2.04 bits per heavy atom. The lowest BCUT2D eigenvalue weighted by Gasteiger charge is -2.36. The molecule has 23 heavy (non-hydrogen) atoms. The van der Waals surface area contributed by atoms with Crippen molar-refractivity contribution in [3.05, 3.63) is 42.4 Å². The van der Waals surface area contributed by atoms with Gasteiger partial charge in [-0.3, -0.25) is 4.90 Å². The van der Waals surface area contributed by atoms with E-state index >= 15 is 0 Å². The molecule has 0 radical (unpaired) electrons. The highest BCUT2D eigenvalue weighted by Gasteiger charge is 2.27. The largest absolute Gasteiger partial charge is 0.464 e. The van der Waals surface area contributed by atoms with Gasteiger partial charge in [0.1, 0.15) is 11.6 Å². The highest BCUT2D eigenvalue weighted by atomic mass is 16.3. The Kier molecular flexibility index (Phi) is 3.05. The van der Waals surface area contributed by atoms with Crippen LogP contribution in [0.15, 0.2) is 41.0 Å². The maximum atomic E-state index is 5.55. The van der Waals surface area contributed by atoms with Gasteiger partial charge in [0.2, 0.25) is 0 Å². The van der Waals surface area contributed by atoms with Crippen LogP contribution in [-0.2, 0) is 13.0 Å². The predicted octanol–water partition coefficient (Wildman–Crippen LogP) is 3.71. The number of rotatable bonds is 2. The van der Waals surface area contributed by atoms with Crippen LogP contribution in [0.3, 0.4) is 0 Å². The summed E-state index contributed by atoms with van der Waals surface area (Å²) in [6.45, 7) is 3.34. The van der Waals surface area contributed by atoms with Gasteiger partial charge in [-0.15, -0.1) is 0 Å². The van der Waals surface area contributed by atoms with Gasteiger partial charge in [0, 0.05) is 37.7 Å². The molecule has 2 aromatic heterocycles. The molecule has 118 valence electrons. The van der Waals surface area contributed by atoms with Crippen LogP contribution >= 0.6 is 0 Å². The van der Waals surface area contributed by atoms with E-state index in [1.807, 2.05) is 12.1 Å². The molecule has 1 aromatic carbocycles. The van der Waals surface area contributed by atoms with Crippen LogP contribution in [0, 0.1) is 0 Å². The monoisotopic (exact) mass is 307 g/mol. The minimum atomic E-state index is 0.824. The average Bonchev–Trinajstić information content (AvgIpc) is 3.11. The molecule has 0 amide bonds. The van der Waals surface area contributed by atoms with E-state index < -0.39 is 0 Å². The SMILES string of the molecule is c1coc(-c2ccc3nc4n(c3c2)CCN(C2CCC2)CC4)c1. The maximum absolute atomic E-state index is 5.55. The van der Waals surface area contributed by atoms with Crippen LogP contribution in [0.2, 0.25) is 0 Å². The molecule has 2 aliphatic rings. The molecule has 0 N–H and O–H groups in total. The molecule has 3 aromatic rings. The number of nitrogens with zero attached hydrogens (tertiary/aromatic N) is 3. The van der Waals surface area contributed by atoms with E-state index in [-0.39, 0.29) is 0 Å². The van der Waals surface area contributed by atoms with E-state index in [1.54, 1.807) is 6.26 Å². The van der Waals surface area contributed by atoms with E-state index in [2.05, 4.69) is 27.7 Å². The topological polar surface area (TPSA) is 34.2 Å². The van der Waals surface area contributed by atoms with Gasteiger partial charge < -0.3 is 8.98 Å². The van der Waals surface area contributed by atoms with E-state index in [0.29, 0.717) is 0 Å². The van der Waals surface area contributed by atoms with E-state index in [0.717, 1.165) is 48.9 Å². The van der Waals surface area contributed by atoms with Crippen LogP contribution < -0.4 is 0 Å². The second-order valence-electron chi connectivity index (χ2n) is 6.73. The Morgan fingerprint density at radius 1 is 1.09 bits per heavy atom. The molecule has 1 aliphatic carbocycles. The van der Waals surface area contributed by atoms with Crippen LogP contribution in [0.1, 0.15) is 25.1 Å². The zero-order valence-corrected chi connectivity index (χ0v) is 13.2. The summed E-state index contributed by atoms with van der Waals surface area (Å²) in [4.78, 5) is 7.55. The predicted molar refractivity (Wildman–Crippen MR) is 90.4 cm³/mol. The van der Waals surface area contributed by atoms with Crippen molar-refractivity contribution in [2.24, 2.45) is 0 Å². The molecule has 0 atom stereocenters. The molecular formula is C19H21N3O. The third-order valence-corrected chi connectivity index (χ3v) is 5.46. The fourth-order valence-electron chi connectivity index (χ4n) is 3.91. The number of imidazole rings is 1. The highest BCUT2D eigenvalue weighted by molar-refractivity contribution is 5.81. The number of aromatic nitrogens is 2. The van der Waals surface area contributed by atoms with Crippen molar-refractivity contribution in [1.82, 2.24) is 14.5 Å². The van der Waals surface area contributed by atoms with E-state index in [9.17, 15) is 0 Å². The van der Waals surface area contributed by atoms with Gasteiger partial charge in [0.15, 0.2) is 0 Å². The summed E-state index contributed by atoms with van der Waals surface area (Å²) in [5.74, 6) is 2.16. The lowest BCUT2D eigenvalue weighted by atomic mass is 9.91. The van der Waals surface area contributed by atoms with Gasteiger partial charge in [-0.05, 0) is 43.2 Å². The van der Waals surface area contributed by atoms with Gasteiger partial charge >= 0.3 is 0 Å². The number of benzene rings is 1. The fourth-order valence-corrected chi connectivity index (χ4v) is 3.91. The Morgan fingerprint density at radius 3 is 2.83 bits per heavy atom. The first-order chi connectivity index (χ1) is 11.4. The highest BCUT2D eigenvalue weighted by Crippen LogP contribution is 2.29. The van der Waals surface area contributed by atoms with Gasteiger partial charge in [-0.2, -0.15) is 0 Å². The molecule has 1 aliphatic heterocycles. The lowest BCUT2D eigenvalue weighted by molar-refractivity contribution is 0.130. The van der Waals surface area contributed by atoms with Crippen LogP contribution in [0.5, 0.6) is 0 Å². The molecule has 0 spiro atoms. The standard InChI is InChI=1S/C19H21N3O/c1-3-15(4-1)21-9-8-19-20-16-7-6-14(18-5-2-12-23-18)13-17(16)22(19)11-10-21/h2,5-7,12-13,15H,1,3-4,8-11H2. The van der Waals surface area contributed by atoms with Crippen LogP contribution in [0.4, 0.5) is 0 Å². The zero-order chi connectivity index (χ0) is 15.2. The van der Waals surface area contributed by atoms with E-state index in [1.165, 1.54) is 30.6 Å². The normalized spacial score (nSPS) is 19.5. The third-order valence-electron chi connectivity index (χ3n) is 5.46. The van der Waals surface area contributed by atoms with Crippen LogP contribution in [0.25, 0.3) is 22.4 Å². The van der Waals surface area contributed by atoms with Crippen molar-refractivity contribution >= 4 is 11.0 Å². The number of fused-ring (bicyclic) bond motifs is 3. The Bertz CT molecular complexity index is 830. The number of hydrogen-bond acceptors (Lipinski definition) is 3. The lowest BCUT2D eigenvalue weighted by Crippen LogP contribution is -2.41. The Hall–Kier alpha value is -2.07. The van der Waals surface area contributed by atoms with Gasteiger partial charge in [-0.25, -0.2) is 4.98 Å². The van der Waals surface area contributed by atoms with Crippen molar-refractivity contribution in [1.29, 1.82) is 0 Å². The Balaban J connectivity index is 1.51. The second-order valence-corrected chi connectivity index (χ2v) is 6.73. The molecule has 0 unspecified atom stereocenters. The minimum absolute atomic E-state index is 0.824. The summed E-state index contributed by atoms with van der Waals surface area (Å²) in [7, 11) is 0. The minimum Gasteiger partial charge on any atom is -0.464 e. The number of hydrogen-bond donors (Lipinski definition) is 0. The second kappa shape index (κ2) is 5.24. The molecule has 4 heteroatoms. The summed E-state index contributed by atoms with van der Waals surface area (Å²) in [6.07, 6.45) is 6.95. The summed E-state index contributed by atoms with van der Waals surface area (Å²) >= 11 is 0. The van der Waals surface area contributed by atoms with Gasteiger partial charge in [-0.1, -0.05) is 6.42 Å². The first-order valence-electron chi connectivity index (χ1n) is 8.65. The molecule has 0 bridgehead atoms. The Labute approximate surface area is 135 Å². The first-order valence-corrected chi connectivity index (χ1v) is 8.65. The average molecular weight is 307 g/mol. The van der Waals surface area contributed by atoms with Crippen molar-refractivity contribution in [2.45, 2.75) is 38.3 Å². The van der Waals surface area contributed by atoms with Crippen molar-refractivity contribution < 1.29 is 4.42 Å². The van der Waals surface area contributed by atoms with Crippen molar-refractivity contribution in [3.8, 4) is 11.3 Å². The third kappa shape index (κ3) is 2.20. The van der Waals surface area contributed by atoms with Crippen molar-refractivity contribution in [2.75, 3.05) is 13.1 Å². The molecule has 1 fully saturated rings. The van der Waals surface area contributed by atoms with Gasteiger partial charge in [0.25, 0.3) is 0 Å². The van der Waals surface area contributed by atoms with E-state index in [4.69, 9.17) is 9.40 Å². The summed E-state index contributed by atoms with van der Waals surface area (Å²) in [5.41, 5.74) is 3.47.